The maximum Gasteiger partial charge on any atom is 0.234 e. The number of amides is 1. The molecule has 0 aliphatic rings. The second kappa shape index (κ2) is 8.00. The number of hydrogen-bond donors (Lipinski definition) is 1. The molecule has 5 rings (SSSR count). The minimum atomic E-state index is -0.851. The van der Waals surface area contributed by atoms with Crippen molar-refractivity contribution in [1.82, 2.24) is 24.2 Å². The number of fused-ring (bicyclic) bond motifs is 3. The van der Waals surface area contributed by atoms with Gasteiger partial charge in [0.1, 0.15) is 23.0 Å². The van der Waals surface area contributed by atoms with Crippen LogP contribution >= 0.6 is 11.8 Å². The molecule has 0 saturated heterocycles. The molecule has 0 aliphatic carbocycles. The topological polar surface area (TPSA) is 76.6 Å². The molecule has 0 bridgehead atoms. The van der Waals surface area contributed by atoms with E-state index in [1.807, 2.05) is 6.07 Å². The van der Waals surface area contributed by atoms with Crippen LogP contribution in [0, 0.1) is 17.5 Å². The Morgan fingerprint density at radius 2 is 1.75 bits per heavy atom. The first-order valence-corrected chi connectivity index (χ1v) is 10.3. The van der Waals surface area contributed by atoms with Gasteiger partial charge in [-0.1, -0.05) is 11.8 Å². The lowest BCUT2D eigenvalue weighted by Crippen LogP contribution is -2.15. The summed E-state index contributed by atoms with van der Waals surface area (Å²) < 4.78 is 43.3. The largest absolute Gasteiger partial charge is 0.323 e. The van der Waals surface area contributed by atoms with E-state index < -0.39 is 17.5 Å². The van der Waals surface area contributed by atoms with Crippen molar-refractivity contribution in [2.45, 2.75) is 5.16 Å². The highest BCUT2D eigenvalue weighted by Crippen LogP contribution is 2.24. The Hall–Kier alpha value is -3.86. The van der Waals surface area contributed by atoms with Gasteiger partial charge in [0.15, 0.2) is 10.8 Å². The van der Waals surface area contributed by atoms with E-state index >= 15 is 0 Å². The average molecular weight is 454 g/mol. The normalized spacial score (nSPS) is 11.3. The van der Waals surface area contributed by atoms with Crippen LogP contribution in [0.1, 0.15) is 0 Å². The second-order valence-electron chi connectivity index (χ2n) is 6.80. The lowest BCUT2D eigenvalue weighted by molar-refractivity contribution is -0.113. The first-order chi connectivity index (χ1) is 15.5. The molecule has 0 radical (unpaired) electrons. The van der Waals surface area contributed by atoms with Gasteiger partial charge in [-0.2, -0.15) is 5.10 Å². The van der Waals surface area contributed by atoms with Gasteiger partial charge < -0.3 is 5.32 Å². The van der Waals surface area contributed by atoms with Crippen molar-refractivity contribution in [2.75, 3.05) is 11.1 Å². The van der Waals surface area contributed by atoms with Crippen LogP contribution in [0.3, 0.4) is 0 Å². The first-order valence-electron chi connectivity index (χ1n) is 9.35. The quantitative estimate of drug-likeness (QED) is 0.403. The fourth-order valence-electron chi connectivity index (χ4n) is 3.16. The van der Waals surface area contributed by atoms with Crippen molar-refractivity contribution in [3.8, 4) is 11.3 Å². The molecule has 11 heteroatoms. The molecular weight excluding hydrogens is 441 g/mol. The number of thioether (sulfide) groups is 1. The van der Waals surface area contributed by atoms with Crippen LogP contribution in [0.4, 0.5) is 18.9 Å². The number of halogens is 3. The molecule has 7 nitrogen and oxygen atoms in total. The van der Waals surface area contributed by atoms with Gasteiger partial charge in [0.2, 0.25) is 5.91 Å². The van der Waals surface area contributed by atoms with E-state index in [-0.39, 0.29) is 17.3 Å². The van der Waals surface area contributed by atoms with Crippen LogP contribution in [0.5, 0.6) is 0 Å². The van der Waals surface area contributed by atoms with Crippen molar-refractivity contribution in [2.24, 2.45) is 0 Å². The number of nitrogens with one attached hydrogen (secondary N) is 1. The fourth-order valence-corrected chi connectivity index (χ4v) is 3.88. The van der Waals surface area contributed by atoms with Gasteiger partial charge in [0, 0.05) is 24.0 Å². The van der Waals surface area contributed by atoms with Crippen LogP contribution < -0.4 is 5.32 Å². The minimum absolute atomic E-state index is 0.0527. The molecule has 32 heavy (non-hydrogen) atoms. The number of benzene rings is 2. The molecule has 0 spiro atoms. The Labute approximate surface area is 182 Å². The summed E-state index contributed by atoms with van der Waals surface area (Å²) in [6, 6.07) is 10.8. The zero-order chi connectivity index (χ0) is 22.2. The third-order valence-corrected chi connectivity index (χ3v) is 5.61. The third kappa shape index (κ3) is 3.78. The Bertz CT molecular complexity index is 1460. The Balaban J connectivity index is 1.36. The monoisotopic (exact) mass is 454 g/mol. The number of aromatic nitrogens is 5. The maximum atomic E-state index is 13.7. The fraction of sp³-hybridized carbons (Fsp3) is 0.0476. The van der Waals surface area contributed by atoms with Crippen molar-refractivity contribution in [3.63, 3.8) is 0 Å². The molecule has 2 aromatic carbocycles. The van der Waals surface area contributed by atoms with Crippen LogP contribution in [-0.2, 0) is 4.79 Å². The Kier molecular flexibility index (Phi) is 5.02. The van der Waals surface area contributed by atoms with Gasteiger partial charge in [0.25, 0.3) is 0 Å². The number of carbonyl (C=O) groups is 1. The molecule has 1 amide bonds. The molecule has 0 unspecified atom stereocenters. The maximum absolute atomic E-state index is 13.7. The number of carbonyl (C=O) groups excluding carboxylic acids is 1. The highest BCUT2D eigenvalue weighted by molar-refractivity contribution is 7.99. The molecule has 0 saturated carbocycles. The second-order valence-corrected chi connectivity index (χ2v) is 7.74. The molecule has 160 valence electrons. The summed E-state index contributed by atoms with van der Waals surface area (Å²) in [5.74, 6) is -2.43. The molecule has 3 heterocycles. The summed E-state index contributed by atoms with van der Waals surface area (Å²) in [7, 11) is 0. The van der Waals surface area contributed by atoms with Gasteiger partial charge in [-0.15, -0.1) is 10.2 Å². The van der Waals surface area contributed by atoms with Gasteiger partial charge in [-0.25, -0.2) is 17.7 Å². The predicted molar refractivity (Wildman–Crippen MR) is 113 cm³/mol. The Morgan fingerprint density at radius 1 is 0.969 bits per heavy atom. The lowest BCUT2D eigenvalue weighted by Gasteiger charge is -2.06. The summed E-state index contributed by atoms with van der Waals surface area (Å²) >= 11 is 1.12. The minimum Gasteiger partial charge on any atom is -0.323 e. The summed E-state index contributed by atoms with van der Waals surface area (Å²) in [6.45, 7) is 0. The lowest BCUT2D eigenvalue weighted by atomic mass is 10.1. The number of hydrogen-bond acceptors (Lipinski definition) is 5. The van der Waals surface area contributed by atoms with Gasteiger partial charge in [-0.3, -0.25) is 9.20 Å². The van der Waals surface area contributed by atoms with E-state index in [4.69, 9.17) is 0 Å². The van der Waals surface area contributed by atoms with E-state index in [0.717, 1.165) is 29.5 Å². The standard InChI is InChI=1S/C21H13F3N6OS/c22-13-3-1-12(2-4-13)17-10-18-20-26-27-21(29(20)7-8-30(18)28-17)32-11-19(31)25-16-6-5-14(23)9-15(16)24/h1-10H,11H2,(H,25,31). The van der Waals surface area contributed by atoms with Crippen molar-refractivity contribution in [1.29, 1.82) is 0 Å². The molecular formula is C21H13F3N6OS. The molecule has 5 aromatic rings. The van der Waals surface area contributed by atoms with Crippen molar-refractivity contribution >= 4 is 34.5 Å². The van der Waals surface area contributed by atoms with Crippen LogP contribution in [0.15, 0.2) is 66.1 Å². The van der Waals surface area contributed by atoms with E-state index in [9.17, 15) is 18.0 Å². The summed E-state index contributed by atoms with van der Waals surface area (Å²) in [6.07, 6.45) is 3.43. The highest BCUT2D eigenvalue weighted by atomic mass is 32.2. The van der Waals surface area contributed by atoms with E-state index in [2.05, 4.69) is 20.6 Å². The summed E-state index contributed by atoms with van der Waals surface area (Å²) in [4.78, 5) is 12.2. The third-order valence-electron chi connectivity index (χ3n) is 4.66. The van der Waals surface area contributed by atoms with Crippen LogP contribution in [-0.4, -0.2) is 35.9 Å². The smallest absolute Gasteiger partial charge is 0.234 e. The average Bonchev–Trinajstić information content (AvgIpc) is 3.38. The first kappa shape index (κ1) is 20.1. The van der Waals surface area contributed by atoms with Crippen molar-refractivity contribution in [3.05, 3.63) is 78.4 Å². The number of rotatable bonds is 5. The van der Waals surface area contributed by atoms with E-state index in [1.165, 1.54) is 12.1 Å². The van der Waals surface area contributed by atoms with E-state index in [1.54, 1.807) is 33.4 Å². The van der Waals surface area contributed by atoms with Crippen LogP contribution in [0.2, 0.25) is 0 Å². The number of anilines is 1. The zero-order valence-electron chi connectivity index (χ0n) is 16.2. The molecule has 0 atom stereocenters. The zero-order valence-corrected chi connectivity index (χ0v) is 17.0. The molecule has 0 aliphatic heterocycles. The number of nitrogens with zero attached hydrogens (tertiary/aromatic N) is 5. The molecule has 0 fully saturated rings. The Morgan fingerprint density at radius 3 is 2.53 bits per heavy atom. The van der Waals surface area contributed by atoms with E-state index in [0.29, 0.717) is 28.1 Å². The summed E-state index contributed by atoms with van der Waals surface area (Å²) in [5, 5.41) is 15.7. The van der Waals surface area contributed by atoms with Crippen LogP contribution in [0.25, 0.3) is 22.4 Å². The van der Waals surface area contributed by atoms with Gasteiger partial charge in [0.05, 0.1) is 17.1 Å². The highest BCUT2D eigenvalue weighted by Gasteiger charge is 2.15. The SMILES string of the molecule is O=C(CSc1nnc2c3cc(-c4ccc(F)cc4)nn3ccn12)Nc1ccc(F)cc1F. The van der Waals surface area contributed by atoms with Crippen molar-refractivity contribution < 1.29 is 18.0 Å². The predicted octanol–water partition coefficient (Wildman–Crippen LogP) is 4.19. The van der Waals surface area contributed by atoms with Gasteiger partial charge >= 0.3 is 0 Å². The molecule has 1 N–H and O–H groups in total. The summed E-state index contributed by atoms with van der Waals surface area (Å²) in [5.41, 5.74) is 2.52. The molecule has 3 aromatic heterocycles. The van der Waals surface area contributed by atoms with Gasteiger partial charge in [-0.05, 0) is 42.5 Å².